The van der Waals surface area contributed by atoms with E-state index in [1.807, 2.05) is 0 Å². The molecule has 5 aliphatic carbocycles. The van der Waals surface area contributed by atoms with E-state index in [9.17, 15) is 4.79 Å². The number of hydrogen-bond acceptors (Lipinski definition) is 2. The summed E-state index contributed by atoms with van der Waals surface area (Å²) < 4.78 is 5.90. The fourth-order valence-electron chi connectivity index (χ4n) is 11.5. The van der Waals surface area contributed by atoms with Crippen molar-refractivity contribution >= 4 is 5.97 Å². The van der Waals surface area contributed by atoms with Gasteiger partial charge in [-0.1, -0.05) is 46.3 Å². The Bertz CT molecular complexity index is 866. The van der Waals surface area contributed by atoms with E-state index in [1.165, 1.54) is 69.8 Å². The van der Waals surface area contributed by atoms with Crippen molar-refractivity contribution in [1.29, 1.82) is 0 Å². The highest BCUT2D eigenvalue weighted by Gasteiger charge is 2.82. The number of fused-ring (bicyclic) bond motifs is 2. The number of esters is 1. The van der Waals surface area contributed by atoms with Gasteiger partial charge >= 0.3 is 5.97 Å². The third-order valence-electron chi connectivity index (χ3n) is 13.3. The van der Waals surface area contributed by atoms with Crippen LogP contribution in [0.25, 0.3) is 0 Å². The monoisotopic (exact) mass is 468 g/mol. The van der Waals surface area contributed by atoms with Gasteiger partial charge < -0.3 is 4.74 Å². The van der Waals surface area contributed by atoms with Gasteiger partial charge in [-0.15, -0.1) is 0 Å². The summed E-state index contributed by atoms with van der Waals surface area (Å²) in [6.07, 6.45) is 17.6. The van der Waals surface area contributed by atoms with Crippen LogP contribution in [0.1, 0.15) is 126 Å². The van der Waals surface area contributed by atoms with E-state index in [-0.39, 0.29) is 17.5 Å². The van der Waals surface area contributed by atoms with Crippen molar-refractivity contribution in [1.82, 2.24) is 0 Å². The molecule has 2 nitrogen and oxygen atoms in total. The number of rotatable bonds is 5. The Balaban J connectivity index is 1.39. The van der Waals surface area contributed by atoms with Crippen molar-refractivity contribution in [2.75, 3.05) is 0 Å². The first kappa shape index (κ1) is 24.9. The van der Waals surface area contributed by atoms with Crippen LogP contribution in [0.4, 0.5) is 0 Å². The summed E-state index contributed by atoms with van der Waals surface area (Å²) in [5.74, 6) is 3.27. The molecule has 0 amide bonds. The summed E-state index contributed by atoms with van der Waals surface area (Å²) in [7, 11) is 0. The molecule has 0 aliphatic heterocycles. The van der Waals surface area contributed by atoms with Crippen LogP contribution in [-0.4, -0.2) is 12.1 Å². The molecule has 192 valence electrons. The van der Waals surface area contributed by atoms with E-state index >= 15 is 0 Å². The average Bonchev–Trinajstić information content (AvgIpc) is 3.32. The fraction of sp³-hybridized carbons (Fsp3) is 0.906. The van der Waals surface area contributed by atoms with Gasteiger partial charge in [0, 0.05) is 12.3 Å². The van der Waals surface area contributed by atoms with Crippen LogP contribution in [0.2, 0.25) is 0 Å². The zero-order chi connectivity index (χ0) is 24.7. The molecule has 0 aromatic rings. The van der Waals surface area contributed by atoms with E-state index in [0.29, 0.717) is 21.7 Å². The number of carbonyl (C=O) groups is 1. The second-order valence-electron chi connectivity index (χ2n) is 14.9. The molecule has 5 aliphatic rings. The van der Waals surface area contributed by atoms with Gasteiger partial charge in [0.2, 0.25) is 0 Å². The zero-order valence-electron chi connectivity index (χ0n) is 23.6. The molecule has 2 spiro atoms. The van der Waals surface area contributed by atoms with Gasteiger partial charge in [0.05, 0.1) is 0 Å². The van der Waals surface area contributed by atoms with Gasteiger partial charge in [-0.2, -0.15) is 0 Å². The third-order valence-corrected chi connectivity index (χ3v) is 13.3. The highest BCUT2D eigenvalue weighted by molar-refractivity contribution is 5.66. The highest BCUT2D eigenvalue weighted by Crippen LogP contribution is 2.89. The first-order valence-corrected chi connectivity index (χ1v) is 14.6. The predicted octanol–water partition coefficient (Wildman–Crippen LogP) is 8.74. The van der Waals surface area contributed by atoms with Crippen LogP contribution in [0.5, 0.6) is 0 Å². The lowest BCUT2D eigenvalue weighted by atomic mass is 9.41. The van der Waals surface area contributed by atoms with Crippen molar-refractivity contribution in [3.63, 3.8) is 0 Å². The lowest BCUT2D eigenvalue weighted by molar-refractivity contribution is -0.181. The first-order chi connectivity index (χ1) is 15.8. The number of ether oxygens (including phenoxy) is 1. The number of carbonyl (C=O) groups excluding carboxylic acids is 1. The molecule has 0 bridgehead atoms. The van der Waals surface area contributed by atoms with E-state index in [4.69, 9.17) is 4.74 Å². The lowest BCUT2D eigenvalue weighted by Gasteiger charge is -2.63. The van der Waals surface area contributed by atoms with Gasteiger partial charge in [-0.3, -0.25) is 4.79 Å². The third kappa shape index (κ3) is 3.14. The summed E-state index contributed by atoms with van der Waals surface area (Å²) in [5, 5.41) is 0. The van der Waals surface area contributed by atoms with Crippen LogP contribution in [0.15, 0.2) is 11.6 Å². The summed E-state index contributed by atoms with van der Waals surface area (Å²) in [6, 6.07) is 0. The van der Waals surface area contributed by atoms with Crippen molar-refractivity contribution in [2.24, 2.45) is 50.7 Å². The van der Waals surface area contributed by atoms with E-state index in [0.717, 1.165) is 30.1 Å². The summed E-state index contributed by atoms with van der Waals surface area (Å²) in [4.78, 5) is 11.8. The van der Waals surface area contributed by atoms with E-state index in [2.05, 4.69) is 54.5 Å². The maximum absolute atomic E-state index is 11.8. The van der Waals surface area contributed by atoms with Crippen LogP contribution in [-0.2, 0) is 9.53 Å². The molecule has 0 saturated heterocycles. The van der Waals surface area contributed by atoms with Crippen LogP contribution >= 0.6 is 0 Å². The molecular formula is C32H52O2. The standard InChI is InChI=1S/C32H52O2/c1-21(2)10-9-11-22(3)24-14-16-30(8)26-13-12-25-28(5,6)27(34-23(4)33)15-17-31(25)20-32(26,31)19-18-29(24,30)7/h10,22,24-27H,9,11-20H2,1-8H3/t22-,24+,25+,26-,27-,29-,30+,31-,32+/m1/s1. The average molecular weight is 469 g/mol. The largest absolute Gasteiger partial charge is 0.462 e. The Hall–Kier alpha value is -0.790. The molecule has 5 fully saturated rings. The summed E-state index contributed by atoms with van der Waals surface area (Å²) in [6.45, 7) is 18.9. The molecule has 0 heterocycles. The minimum absolute atomic E-state index is 0.0927. The Morgan fingerprint density at radius 2 is 1.56 bits per heavy atom. The van der Waals surface area contributed by atoms with Crippen molar-refractivity contribution in [3.8, 4) is 0 Å². The first-order valence-electron chi connectivity index (χ1n) is 14.6. The minimum Gasteiger partial charge on any atom is -0.462 e. The number of allylic oxidation sites excluding steroid dienone is 2. The van der Waals surface area contributed by atoms with Crippen LogP contribution in [0.3, 0.4) is 0 Å². The normalized spacial score (nSPS) is 49.1. The quantitative estimate of drug-likeness (QED) is 0.298. The molecule has 0 radical (unpaired) electrons. The van der Waals surface area contributed by atoms with Crippen LogP contribution < -0.4 is 0 Å². The topological polar surface area (TPSA) is 26.3 Å². The van der Waals surface area contributed by atoms with Gasteiger partial charge in [0.1, 0.15) is 6.10 Å². The smallest absolute Gasteiger partial charge is 0.302 e. The lowest BCUT2D eigenvalue weighted by Crippen LogP contribution is -2.58. The van der Waals surface area contributed by atoms with Crippen molar-refractivity contribution < 1.29 is 9.53 Å². The van der Waals surface area contributed by atoms with E-state index < -0.39 is 0 Å². The van der Waals surface area contributed by atoms with E-state index in [1.54, 1.807) is 6.92 Å². The Morgan fingerprint density at radius 3 is 2.24 bits per heavy atom. The second-order valence-corrected chi connectivity index (χ2v) is 14.9. The van der Waals surface area contributed by atoms with Crippen molar-refractivity contribution in [2.45, 2.75) is 132 Å². The molecule has 34 heavy (non-hydrogen) atoms. The Morgan fingerprint density at radius 1 is 0.882 bits per heavy atom. The molecule has 0 aromatic carbocycles. The molecule has 5 saturated carbocycles. The molecule has 0 aromatic heterocycles. The molecular weight excluding hydrogens is 416 g/mol. The summed E-state index contributed by atoms with van der Waals surface area (Å²) >= 11 is 0. The number of hydrogen-bond donors (Lipinski definition) is 0. The van der Waals surface area contributed by atoms with Crippen molar-refractivity contribution in [3.05, 3.63) is 11.6 Å². The molecule has 5 rings (SSSR count). The Kier molecular flexibility index (Phi) is 5.75. The molecule has 2 heteroatoms. The van der Waals surface area contributed by atoms with Gasteiger partial charge in [-0.05, 0) is 130 Å². The molecule has 0 unspecified atom stereocenters. The van der Waals surface area contributed by atoms with Gasteiger partial charge in [-0.25, -0.2) is 0 Å². The predicted molar refractivity (Wildman–Crippen MR) is 140 cm³/mol. The summed E-state index contributed by atoms with van der Waals surface area (Å²) in [5.41, 5.74) is 3.71. The maximum atomic E-state index is 11.8. The minimum atomic E-state index is -0.0927. The Labute approximate surface area is 210 Å². The fourth-order valence-corrected chi connectivity index (χ4v) is 11.5. The van der Waals surface area contributed by atoms with Crippen LogP contribution in [0, 0.1) is 50.7 Å². The molecule has 0 N–H and O–H groups in total. The van der Waals surface area contributed by atoms with Gasteiger partial charge in [0.25, 0.3) is 0 Å². The zero-order valence-corrected chi connectivity index (χ0v) is 23.6. The molecule has 9 atom stereocenters. The SMILES string of the molecule is CC(=O)O[C@@H]1CC[C@]23C[C@]24CC[C@]2(C)[C@H]([C@H](C)CCC=C(C)C)CC[C@@]2(C)[C@H]4CC[C@H]3C1(C)C. The highest BCUT2D eigenvalue weighted by atomic mass is 16.5. The van der Waals surface area contributed by atoms with Gasteiger partial charge in [0.15, 0.2) is 0 Å². The maximum Gasteiger partial charge on any atom is 0.302 e. The second kappa shape index (κ2) is 7.85.